The minimum Gasteiger partial charge on any atom is -0.363 e. The molecule has 0 aliphatic rings. The Hall–Kier alpha value is -3.40. The summed E-state index contributed by atoms with van der Waals surface area (Å²) >= 11 is 0. The predicted octanol–water partition coefficient (Wildman–Crippen LogP) is 4.85. The molecule has 4 rings (SSSR count). The third-order valence-corrected chi connectivity index (χ3v) is 4.18. The molecule has 0 spiro atoms. The van der Waals surface area contributed by atoms with Gasteiger partial charge in [0.1, 0.15) is 0 Å². The Bertz CT molecular complexity index is 903. The minimum absolute atomic E-state index is 0.702. The first-order valence-corrected chi connectivity index (χ1v) is 8.71. The Morgan fingerprint density at radius 2 is 0.885 bits per heavy atom. The molecule has 3 aromatic carbocycles. The highest BCUT2D eigenvalue weighted by Crippen LogP contribution is 2.22. The van der Waals surface area contributed by atoms with Gasteiger partial charge in [0.15, 0.2) is 11.6 Å². The number of para-hydroxylation sites is 2. The molecule has 26 heavy (non-hydrogen) atoms. The number of nitrogens with zero attached hydrogens (tertiary/aromatic N) is 2. The minimum atomic E-state index is 0.702. The lowest BCUT2D eigenvalue weighted by Crippen LogP contribution is -2.09. The van der Waals surface area contributed by atoms with Crippen LogP contribution in [0.15, 0.2) is 84.9 Å². The fraction of sp³-hybridized carbons (Fsp3) is 0.0909. The van der Waals surface area contributed by atoms with E-state index >= 15 is 0 Å². The summed E-state index contributed by atoms with van der Waals surface area (Å²) in [6.07, 6.45) is 0. The van der Waals surface area contributed by atoms with E-state index in [0.29, 0.717) is 13.1 Å². The maximum Gasteiger partial charge on any atom is 0.170 e. The standard InChI is InChI=1S/C22H20N4/c1-3-9-17(10-4-1)15-23-21-22(24-16-18-11-5-2-6-12-18)26-20-14-8-7-13-19(20)25-21/h1-14H,15-16H2,(H,23,25)(H,24,26). The van der Waals surface area contributed by atoms with Crippen molar-refractivity contribution in [1.29, 1.82) is 0 Å². The SMILES string of the molecule is c1ccc(CNc2nc3ccccc3nc2NCc2ccccc2)cc1. The number of nitrogens with one attached hydrogen (secondary N) is 2. The van der Waals surface area contributed by atoms with Crippen LogP contribution in [0.4, 0.5) is 11.6 Å². The summed E-state index contributed by atoms with van der Waals surface area (Å²) in [5, 5.41) is 6.84. The van der Waals surface area contributed by atoms with Crippen LogP contribution in [0.5, 0.6) is 0 Å². The molecule has 0 bridgehead atoms. The van der Waals surface area contributed by atoms with Gasteiger partial charge in [-0.05, 0) is 23.3 Å². The van der Waals surface area contributed by atoms with Gasteiger partial charge in [0.25, 0.3) is 0 Å². The predicted molar refractivity (Wildman–Crippen MR) is 107 cm³/mol. The number of hydrogen-bond acceptors (Lipinski definition) is 4. The summed E-state index contributed by atoms with van der Waals surface area (Å²) in [5.74, 6) is 1.53. The lowest BCUT2D eigenvalue weighted by Gasteiger charge is -2.13. The monoisotopic (exact) mass is 340 g/mol. The van der Waals surface area contributed by atoms with Crippen LogP contribution in [0.3, 0.4) is 0 Å². The number of anilines is 2. The molecule has 0 atom stereocenters. The summed E-state index contributed by atoms with van der Waals surface area (Å²) < 4.78 is 0. The van der Waals surface area contributed by atoms with Gasteiger partial charge in [-0.1, -0.05) is 72.8 Å². The van der Waals surface area contributed by atoms with E-state index in [1.54, 1.807) is 0 Å². The molecule has 4 aromatic rings. The number of aromatic nitrogens is 2. The van der Waals surface area contributed by atoms with Crippen LogP contribution in [-0.2, 0) is 13.1 Å². The summed E-state index contributed by atoms with van der Waals surface area (Å²) in [5.41, 5.74) is 4.18. The highest BCUT2D eigenvalue weighted by Gasteiger charge is 2.08. The van der Waals surface area contributed by atoms with Crippen molar-refractivity contribution in [2.24, 2.45) is 0 Å². The van der Waals surface area contributed by atoms with Crippen LogP contribution in [0.1, 0.15) is 11.1 Å². The fourth-order valence-electron chi connectivity index (χ4n) is 2.81. The van der Waals surface area contributed by atoms with Gasteiger partial charge in [-0.3, -0.25) is 0 Å². The van der Waals surface area contributed by atoms with E-state index in [1.807, 2.05) is 60.7 Å². The zero-order valence-corrected chi connectivity index (χ0v) is 14.4. The summed E-state index contributed by atoms with van der Waals surface area (Å²) in [6.45, 7) is 1.40. The molecule has 1 aromatic heterocycles. The van der Waals surface area contributed by atoms with E-state index in [0.717, 1.165) is 22.7 Å². The zero-order valence-electron chi connectivity index (χ0n) is 14.4. The van der Waals surface area contributed by atoms with Crippen LogP contribution >= 0.6 is 0 Å². The first-order valence-electron chi connectivity index (χ1n) is 8.71. The molecule has 2 N–H and O–H groups in total. The molecular weight excluding hydrogens is 320 g/mol. The van der Waals surface area contributed by atoms with Gasteiger partial charge in [0.05, 0.1) is 11.0 Å². The Labute approximate surface area is 152 Å². The third-order valence-electron chi connectivity index (χ3n) is 4.18. The summed E-state index contributed by atoms with van der Waals surface area (Å²) in [7, 11) is 0. The van der Waals surface area contributed by atoms with Crippen molar-refractivity contribution >= 4 is 22.7 Å². The second-order valence-electron chi connectivity index (χ2n) is 6.09. The van der Waals surface area contributed by atoms with Gasteiger partial charge in [0, 0.05) is 13.1 Å². The van der Waals surface area contributed by atoms with Crippen LogP contribution in [0.25, 0.3) is 11.0 Å². The molecule has 0 fully saturated rings. The second-order valence-corrected chi connectivity index (χ2v) is 6.09. The maximum atomic E-state index is 4.77. The van der Waals surface area contributed by atoms with Crippen molar-refractivity contribution in [2.75, 3.05) is 10.6 Å². The number of hydrogen-bond donors (Lipinski definition) is 2. The lowest BCUT2D eigenvalue weighted by atomic mass is 10.2. The van der Waals surface area contributed by atoms with Crippen LogP contribution < -0.4 is 10.6 Å². The van der Waals surface area contributed by atoms with E-state index in [1.165, 1.54) is 11.1 Å². The van der Waals surface area contributed by atoms with Gasteiger partial charge in [0.2, 0.25) is 0 Å². The molecule has 0 saturated heterocycles. The van der Waals surface area contributed by atoms with Crippen molar-refractivity contribution in [3.63, 3.8) is 0 Å². The number of rotatable bonds is 6. The normalized spacial score (nSPS) is 10.6. The molecule has 0 amide bonds. The quantitative estimate of drug-likeness (QED) is 0.526. The lowest BCUT2D eigenvalue weighted by molar-refractivity contribution is 1.07. The van der Waals surface area contributed by atoms with E-state index in [2.05, 4.69) is 34.9 Å². The van der Waals surface area contributed by atoms with Crippen molar-refractivity contribution in [1.82, 2.24) is 9.97 Å². The van der Waals surface area contributed by atoms with Gasteiger partial charge in [-0.2, -0.15) is 0 Å². The molecule has 0 saturated carbocycles. The molecule has 0 radical (unpaired) electrons. The average Bonchev–Trinajstić information content (AvgIpc) is 2.72. The van der Waals surface area contributed by atoms with Crippen LogP contribution in [0.2, 0.25) is 0 Å². The summed E-state index contributed by atoms with van der Waals surface area (Å²) in [4.78, 5) is 9.53. The van der Waals surface area contributed by atoms with Gasteiger partial charge < -0.3 is 10.6 Å². The zero-order chi connectivity index (χ0) is 17.6. The van der Waals surface area contributed by atoms with Gasteiger partial charge in [-0.25, -0.2) is 9.97 Å². The highest BCUT2D eigenvalue weighted by atomic mass is 15.1. The van der Waals surface area contributed by atoms with Gasteiger partial charge in [-0.15, -0.1) is 0 Å². The Morgan fingerprint density at radius 1 is 0.500 bits per heavy atom. The largest absolute Gasteiger partial charge is 0.363 e. The molecule has 4 heteroatoms. The van der Waals surface area contributed by atoms with Gasteiger partial charge >= 0.3 is 0 Å². The molecule has 0 aliphatic carbocycles. The number of benzene rings is 3. The van der Waals surface area contributed by atoms with Crippen molar-refractivity contribution < 1.29 is 0 Å². The van der Waals surface area contributed by atoms with E-state index in [4.69, 9.17) is 9.97 Å². The highest BCUT2D eigenvalue weighted by molar-refractivity contribution is 5.80. The molecule has 0 unspecified atom stereocenters. The fourth-order valence-corrected chi connectivity index (χ4v) is 2.81. The second kappa shape index (κ2) is 7.66. The Balaban J connectivity index is 1.60. The molecular formula is C22H20N4. The average molecular weight is 340 g/mol. The van der Waals surface area contributed by atoms with Crippen LogP contribution in [-0.4, -0.2) is 9.97 Å². The van der Waals surface area contributed by atoms with E-state index in [-0.39, 0.29) is 0 Å². The van der Waals surface area contributed by atoms with Crippen molar-refractivity contribution in [3.05, 3.63) is 96.1 Å². The first-order chi connectivity index (χ1) is 12.9. The molecule has 4 nitrogen and oxygen atoms in total. The smallest absolute Gasteiger partial charge is 0.170 e. The Kier molecular flexibility index (Phi) is 4.74. The maximum absolute atomic E-state index is 4.77. The summed E-state index contributed by atoms with van der Waals surface area (Å²) in [6, 6.07) is 28.5. The van der Waals surface area contributed by atoms with E-state index < -0.39 is 0 Å². The van der Waals surface area contributed by atoms with Crippen LogP contribution in [0, 0.1) is 0 Å². The molecule has 1 heterocycles. The topological polar surface area (TPSA) is 49.8 Å². The van der Waals surface area contributed by atoms with E-state index in [9.17, 15) is 0 Å². The number of fused-ring (bicyclic) bond motifs is 1. The Morgan fingerprint density at radius 3 is 1.31 bits per heavy atom. The van der Waals surface area contributed by atoms with Crippen molar-refractivity contribution in [3.8, 4) is 0 Å². The molecule has 0 aliphatic heterocycles. The first kappa shape index (κ1) is 16.1. The third kappa shape index (κ3) is 3.81. The van der Waals surface area contributed by atoms with Crippen molar-refractivity contribution in [2.45, 2.75) is 13.1 Å². The molecule has 128 valence electrons.